The van der Waals surface area contributed by atoms with Crippen LogP contribution < -0.4 is 14.2 Å². The van der Waals surface area contributed by atoms with Crippen LogP contribution in [0.2, 0.25) is 0 Å². The molecule has 0 saturated carbocycles. The number of halogens is 1. The fourth-order valence-electron chi connectivity index (χ4n) is 1.81. The number of pyridine rings is 1. The number of nitrogens with zero attached hydrogens (tertiary/aromatic N) is 1. The monoisotopic (exact) mass is 367 g/mol. The molecule has 0 aliphatic heterocycles. The standard InChI is InChI=1S/C15H14BrNO5/c1-20-13-7-10(11(16)8-14(13)21-2)9-22-15(18)12-5-3-4-6-17(12)19/h3-8H,9H2,1-2H3. The fraction of sp³-hybridized carbons (Fsp3) is 0.200. The molecular formula is C15H14BrNO5. The summed E-state index contributed by atoms with van der Waals surface area (Å²) in [5.74, 6) is 0.387. The first-order valence-electron chi connectivity index (χ1n) is 6.32. The van der Waals surface area contributed by atoms with E-state index >= 15 is 0 Å². The summed E-state index contributed by atoms with van der Waals surface area (Å²) in [4.78, 5) is 11.9. The molecule has 1 aromatic heterocycles. The minimum atomic E-state index is -0.697. The molecule has 0 radical (unpaired) electrons. The summed E-state index contributed by atoms with van der Waals surface area (Å²) >= 11 is 3.38. The number of hydrogen-bond acceptors (Lipinski definition) is 5. The first kappa shape index (κ1) is 16.1. The van der Waals surface area contributed by atoms with Gasteiger partial charge in [-0.25, -0.2) is 4.79 Å². The van der Waals surface area contributed by atoms with Gasteiger partial charge >= 0.3 is 11.7 Å². The summed E-state index contributed by atoms with van der Waals surface area (Å²) in [6, 6.07) is 7.95. The Hall–Kier alpha value is -2.28. The van der Waals surface area contributed by atoms with E-state index in [1.807, 2.05) is 0 Å². The van der Waals surface area contributed by atoms with E-state index in [1.165, 1.54) is 32.5 Å². The van der Waals surface area contributed by atoms with Crippen molar-refractivity contribution in [3.05, 3.63) is 57.5 Å². The predicted molar refractivity (Wildman–Crippen MR) is 81.8 cm³/mol. The van der Waals surface area contributed by atoms with Gasteiger partial charge < -0.3 is 19.4 Å². The molecule has 2 rings (SSSR count). The van der Waals surface area contributed by atoms with E-state index in [0.29, 0.717) is 26.3 Å². The SMILES string of the molecule is COc1cc(Br)c(COC(=O)c2cccc[n+]2[O-])cc1OC. The van der Waals surface area contributed by atoms with Crippen molar-refractivity contribution in [3.8, 4) is 11.5 Å². The smallest absolute Gasteiger partial charge is 0.405 e. The van der Waals surface area contributed by atoms with E-state index in [2.05, 4.69) is 15.9 Å². The lowest BCUT2D eigenvalue weighted by Gasteiger charge is -2.12. The molecule has 0 amide bonds. The van der Waals surface area contributed by atoms with Crippen molar-refractivity contribution < 1.29 is 23.7 Å². The van der Waals surface area contributed by atoms with Crippen LogP contribution in [0.15, 0.2) is 41.0 Å². The van der Waals surface area contributed by atoms with Gasteiger partial charge in [-0.1, -0.05) is 15.9 Å². The molecule has 0 atom stereocenters. The number of esters is 1. The summed E-state index contributed by atoms with van der Waals surface area (Å²) in [5.41, 5.74) is 0.624. The molecule has 0 aliphatic rings. The van der Waals surface area contributed by atoms with Gasteiger partial charge in [-0.15, -0.1) is 0 Å². The van der Waals surface area contributed by atoms with Gasteiger partial charge in [0.1, 0.15) is 6.61 Å². The van der Waals surface area contributed by atoms with Gasteiger partial charge in [-0.2, -0.15) is 4.73 Å². The van der Waals surface area contributed by atoms with E-state index in [4.69, 9.17) is 14.2 Å². The molecule has 0 saturated heterocycles. The third kappa shape index (κ3) is 3.48. The molecule has 1 heterocycles. The van der Waals surface area contributed by atoms with Gasteiger partial charge in [0.2, 0.25) is 0 Å². The number of methoxy groups -OCH3 is 2. The Morgan fingerprint density at radius 3 is 2.55 bits per heavy atom. The normalized spacial score (nSPS) is 10.1. The first-order valence-corrected chi connectivity index (χ1v) is 7.11. The van der Waals surface area contributed by atoms with E-state index in [0.717, 1.165) is 0 Å². The second-order valence-electron chi connectivity index (χ2n) is 4.29. The second kappa shape index (κ2) is 7.13. The summed E-state index contributed by atoms with van der Waals surface area (Å²) < 4.78 is 16.7. The summed E-state index contributed by atoms with van der Waals surface area (Å²) in [7, 11) is 3.05. The van der Waals surface area contributed by atoms with Gasteiger partial charge in [-0.05, 0) is 18.2 Å². The van der Waals surface area contributed by atoms with Crippen LogP contribution >= 0.6 is 15.9 Å². The van der Waals surface area contributed by atoms with Gasteiger partial charge in [-0.3, -0.25) is 0 Å². The molecule has 2 aromatic rings. The largest absolute Gasteiger partial charge is 0.618 e. The van der Waals surface area contributed by atoms with Crippen molar-refractivity contribution in [2.75, 3.05) is 14.2 Å². The Morgan fingerprint density at radius 1 is 1.23 bits per heavy atom. The van der Waals surface area contributed by atoms with Crippen LogP contribution in [0.5, 0.6) is 11.5 Å². The highest BCUT2D eigenvalue weighted by molar-refractivity contribution is 9.10. The van der Waals surface area contributed by atoms with E-state index < -0.39 is 5.97 Å². The number of carbonyl (C=O) groups excluding carboxylic acids is 1. The van der Waals surface area contributed by atoms with E-state index in [9.17, 15) is 10.0 Å². The molecule has 0 spiro atoms. The maximum absolute atomic E-state index is 11.9. The van der Waals surface area contributed by atoms with Crippen LogP contribution in [0.1, 0.15) is 16.1 Å². The molecule has 1 aromatic carbocycles. The van der Waals surface area contributed by atoms with Crippen LogP contribution in [-0.4, -0.2) is 20.2 Å². The number of benzene rings is 1. The lowest BCUT2D eigenvalue weighted by atomic mass is 10.2. The third-order valence-electron chi connectivity index (χ3n) is 2.94. The van der Waals surface area contributed by atoms with Gasteiger partial charge in [0, 0.05) is 22.2 Å². The third-order valence-corrected chi connectivity index (χ3v) is 3.68. The molecule has 116 valence electrons. The van der Waals surface area contributed by atoms with Gasteiger partial charge in [0.05, 0.1) is 14.2 Å². The highest BCUT2D eigenvalue weighted by Crippen LogP contribution is 2.33. The molecule has 22 heavy (non-hydrogen) atoms. The van der Waals surface area contributed by atoms with Crippen LogP contribution in [0.4, 0.5) is 0 Å². The highest BCUT2D eigenvalue weighted by Gasteiger charge is 2.18. The zero-order valence-corrected chi connectivity index (χ0v) is 13.6. The van der Waals surface area contributed by atoms with Crippen LogP contribution in [0, 0.1) is 5.21 Å². The van der Waals surface area contributed by atoms with Crippen molar-refractivity contribution in [3.63, 3.8) is 0 Å². The molecule has 0 unspecified atom stereocenters. The second-order valence-corrected chi connectivity index (χ2v) is 5.14. The topological polar surface area (TPSA) is 71.7 Å². The number of carbonyl (C=O) groups is 1. The number of rotatable bonds is 5. The lowest BCUT2D eigenvalue weighted by molar-refractivity contribution is -0.608. The lowest BCUT2D eigenvalue weighted by Crippen LogP contribution is -2.34. The minimum absolute atomic E-state index is 0.00529. The molecule has 6 nitrogen and oxygen atoms in total. The predicted octanol–water partition coefficient (Wildman–Crippen LogP) is 2.46. The van der Waals surface area contributed by atoms with Crippen molar-refractivity contribution >= 4 is 21.9 Å². The van der Waals surface area contributed by atoms with Crippen LogP contribution in [-0.2, 0) is 11.3 Å². The Morgan fingerprint density at radius 2 is 1.91 bits per heavy atom. The first-order chi connectivity index (χ1) is 10.6. The highest BCUT2D eigenvalue weighted by atomic mass is 79.9. The molecular weight excluding hydrogens is 354 g/mol. The van der Waals surface area contributed by atoms with Crippen molar-refractivity contribution in [2.24, 2.45) is 0 Å². The van der Waals surface area contributed by atoms with Crippen LogP contribution in [0.3, 0.4) is 0 Å². The maximum Gasteiger partial charge on any atom is 0.405 e. The Balaban J connectivity index is 2.15. The molecule has 0 aliphatic carbocycles. The number of aromatic nitrogens is 1. The molecule has 0 bridgehead atoms. The molecule has 0 fully saturated rings. The van der Waals surface area contributed by atoms with Crippen LogP contribution in [0.25, 0.3) is 0 Å². The number of hydrogen-bond donors (Lipinski definition) is 0. The van der Waals surface area contributed by atoms with E-state index in [1.54, 1.807) is 18.2 Å². The van der Waals surface area contributed by atoms with Gasteiger partial charge in [0.25, 0.3) is 0 Å². The van der Waals surface area contributed by atoms with Gasteiger partial charge in [0.15, 0.2) is 17.7 Å². The summed E-state index contributed by atoms with van der Waals surface area (Å²) in [6.45, 7) is -0.00529. The Labute approximate surface area is 135 Å². The molecule has 0 N–H and O–H groups in total. The summed E-state index contributed by atoms with van der Waals surface area (Å²) in [5, 5.41) is 11.5. The summed E-state index contributed by atoms with van der Waals surface area (Å²) in [6.07, 6.45) is 1.24. The quantitative estimate of drug-likeness (QED) is 0.461. The van der Waals surface area contributed by atoms with Crippen molar-refractivity contribution in [1.29, 1.82) is 0 Å². The zero-order chi connectivity index (χ0) is 16.1. The zero-order valence-electron chi connectivity index (χ0n) is 12.0. The molecule has 7 heteroatoms. The minimum Gasteiger partial charge on any atom is -0.618 e. The Bertz CT molecular complexity index is 690. The fourth-order valence-corrected chi connectivity index (χ4v) is 2.25. The van der Waals surface area contributed by atoms with Crippen molar-refractivity contribution in [1.82, 2.24) is 0 Å². The average Bonchev–Trinajstić information content (AvgIpc) is 2.53. The van der Waals surface area contributed by atoms with E-state index in [-0.39, 0.29) is 12.3 Å². The Kier molecular flexibility index (Phi) is 5.21. The number of ether oxygens (including phenoxy) is 3. The maximum atomic E-state index is 11.9. The average molecular weight is 368 g/mol. The van der Waals surface area contributed by atoms with Crippen molar-refractivity contribution in [2.45, 2.75) is 6.61 Å².